The average Bonchev–Trinajstić information content (AvgIpc) is 2.35. The van der Waals surface area contributed by atoms with Crippen LogP contribution in [0, 0.1) is 0 Å². The van der Waals surface area contributed by atoms with Crippen LogP contribution < -0.4 is 0 Å². The number of rotatable bonds is 4. The molecule has 9 heteroatoms. The van der Waals surface area contributed by atoms with Crippen LogP contribution >= 0.6 is 0 Å². The van der Waals surface area contributed by atoms with Crippen LogP contribution in [0.4, 0.5) is 0 Å². The van der Waals surface area contributed by atoms with Gasteiger partial charge in [0.15, 0.2) is 0 Å². The Morgan fingerprint density at radius 3 is 0.619 bits per heavy atom. The summed E-state index contributed by atoms with van der Waals surface area (Å²) in [6.45, 7) is 5.16. The summed E-state index contributed by atoms with van der Waals surface area (Å²) < 4.78 is 0. The van der Waals surface area contributed by atoms with Gasteiger partial charge in [-0.05, 0) is 27.7 Å². The molecule has 0 aromatic carbocycles. The Morgan fingerprint density at radius 1 is 0.476 bits per heavy atom. The second kappa shape index (κ2) is 12.1. The maximum Gasteiger partial charge on any atom is 0.132 e. The number of ketones is 4. The van der Waals surface area contributed by atoms with Crippen LogP contribution in [0.5, 0.6) is 0 Å². The van der Waals surface area contributed by atoms with Crippen molar-refractivity contribution in [1.82, 2.24) is 0 Å². The van der Waals surface area contributed by atoms with E-state index in [1.807, 2.05) is 0 Å². The van der Waals surface area contributed by atoms with Gasteiger partial charge in [0.25, 0.3) is 0 Å². The Hall–Kier alpha value is -0.466. The summed E-state index contributed by atoms with van der Waals surface area (Å²) >= 11 is 18.3. The van der Waals surface area contributed by atoms with Gasteiger partial charge < -0.3 is 50.5 Å². The van der Waals surface area contributed by atoms with Crippen LogP contribution in [0.1, 0.15) is 27.7 Å². The number of allylic oxidation sites excluding steroid dienone is 4. The second-order valence-corrected chi connectivity index (χ2v) is 5.17. The van der Waals surface area contributed by atoms with E-state index >= 15 is 0 Å². The van der Waals surface area contributed by atoms with Gasteiger partial charge in [-0.2, -0.15) is 0 Å². The Labute approximate surface area is 156 Å². The third kappa shape index (κ3) is 10.8. The monoisotopic (exact) mass is 406 g/mol. The molecule has 0 atom stereocenters. The minimum atomic E-state index is -0.324. The van der Waals surface area contributed by atoms with Crippen molar-refractivity contribution in [2.45, 2.75) is 27.7 Å². The summed E-state index contributed by atoms with van der Waals surface area (Å²) in [4.78, 5) is 41.9. The summed E-state index contributed by atoms with van der Waals surface area (Å²) in [5.74, 6) is -1.30. The van der Waals surface area contributed by atoms with E-state index in [4.69, 9.17) is 0 Å². The van der Waals surface area contributed by atoms with Crippen molar-refractivity contribution in [3.63, 3.8) is 0 Å². The summed E-state index contributed by atoms with van der Waals surface area (Å²) in [7, 11) is 0. The van der Waals surface area contributed by atoms with Crippen LogP contribution in [0.25, 0.3) is 0 Å². The van der Waals surface area contributed by atoms with E-state index in [0.29, 0.717) is 0 Å². The van der Waals surface area contributed by atoms with Crippen molar-refractivity contribution >= 4 is 73.6 Å². The third-order valence-corrected chi connectivity index (χ3v) is 3.92. The smallest absolute Gasteiger partial charge is 0.132 e. The molecule has 0 aliphatic carbocycles. The maximum atomic E-state index is 10.5. The molecule has 0 N–H and O–H groups in total. The molecule has 4 nitrogen and oxygen atoms in total. The standard InChI is InChI=1S/2C6H8O2S2.Ni/c2*1-3(7)5(9)6(10)4(2)8;/h2*9-10H,1-2H3;/p-4/b2*6-5-;. The topological polar surface area (TPSA) is 68.3 Å². The number of hydrogen-bond donors (Lipinski definition) is 0. The molecular weight excluding hydrogens is 395 g/mol. The van der Waals surface area contributed by atoms with Gasteiger partial charge in [0.2, 0.25) is 0 Å². The average molecular weight is 407 g/mol. The molecule has 0 spiro atoms. The zero-order valence-corrected chi connectivity index (χ0v) is 15.8. The molecular formula is C12H12NiO4S4-4. The van der Waals surface area contributed by atoms with Crippen LogP contribution in [-0.4, -0.2) is 23.1 Å². The van der Waals surface area contributed by atoms with Crippen LogP contribution in [-0.2, 0) is 86.2 Å². The first-order valence-electron chi connectivity index (χ1n) is 5.13. The SMILES string of the molecule is CC(=O)/C([S-])=C(/[S-])C(C)=O.CC(=O)/C([S-])=C(/[S-])C(C)=O.[Ni]. The maximum absolute atomic E-state index is 10.5. The first-order chi connectivity index (χ1) is 8.93. The van der Waals surface area contributed by atoms with E-state index < -0.39 is 0 Å². The molecule has 0 aliphatic heterocycles. The molecule has 0 heterocycles. The minimum Gasteiger partial charge on any atom is -0.778 e. The molecule has 0 saturated heterocycles. The van der Waals surface area contributed by atoms with Crippen molar-refractivity contribution in [2.75, 3.05) is 0 Å². The number of carbonyl (C=O) groups excluding carboxylic acids is 4. The Bertz CT molecular complexity index is 419. The van der Waals surface area contributed by atoms with Gasteiger partial charge in [0, 0.05) is 16.5 Å². The second-order valence-electron chi connectivity index (χ2n) is 3.54. The van der Waals surface area contributed by atoms with Crippen molar-refractivity contribution in [3.8, 4) is 0 Å². The summed E-state index contributed by atoms with van der Waals surface area (Å²) in [6.07, 6.45) is 0. The van der Waals surface area contributed by atoms with Crippen molar-refractivity contribution in [1.29, 1.82) is 0 Å². The van der Waals surface area contributed by atoms with Crippen LogP contribution in [0.3, 0.4) is 0 Å². The van der Waals surface area contributed by atoms with Crippen LogP contribution in [0.2, 0.25) is 0 Å². The van der Waals surface area contributed by atoms with E-state index in [2.05, 4.69) is 50.5 Å². The zero-order chi connectivity index (χ0) is 16.6. The van der Waals surface area contributed by atoms with Gasteiger partial charge in [-0.3, -0.25) is 19.2 Å². The third-order valence-electron chi connectivity index (χ3n) is 1.69. The van der Waals surface area contributed by atoms with Gasteiger partial charge in [-0.1, -0.05) is 0 Å². The largest absolute Gasteiger partial charge is 0.778 e. The van der Waals surface area contributed by atoms with Crippen LogP contribution in [0.15, 0.2) is 19.6 Å². The van der Waals surface area contributed by atoms with Gasteiger partial charge in [0.05, 0.1) is 0 Å². The van der Waals surface area contributed by atoms with Crippen molar-refractivity contribution < 1.29 is 35.7 Å². The molecule has 0 rings (SSSR count). The van der Waals surface area contributed by atoms with E-state index in [1.165, 1.54) is 27.7 Å². The molecule has 122 valence electrons. The Morgan fingerprint density at radius 2 is 0.571 bits per heavy atom. The summed E-state index contributed by atoms with van der Waals surface area (Å²) in [6, 6.07) is 0. The summed E-state index contributed by atoms with van der Waals surface area (Å²) in [5, 5.41) is 0. The molecule has 21 heavy (non-hydrogen) atoms. The summed E-state index contributed by atoms with van der Waals surface area (Å²) in [5.41, 5.74) is 0. The van der Waals surface area contributed by atoms with Gasteiger partial charge in [-0.25, -0.2) is 0 Å². The Kier molecular flexibility index (Phi) is 14.7. The first kappa shape index (κ1) is 25.5. The molecule has 0 amide bonds. The van der Waals surface area contributed by atoms with Gasteiger partial charge in [-0.15, -0.1) is 19.6 Å². The zero-order valence-electron chi connectivity index (χ0n) is 11.6. The predicted octanol–water partition coefficient (Wildman–Crippen LogP) is 0.937. The fourth-order valence-corrected chi connectivity index (χ4v) is 1.21. The van der Waals surface area contributed by atoms with Crippen molar-refractivity contribution in [3.05, 3.63) is 19.6 Å². The van der Waals surface area contributed by atoms with Gasteiger partial charge in [0.1, 0.15) is 23.1 Å². The first-order valence-corrected chi connectivity index (χ1v) is 6.77. The molecule has 0 saturated carbocycles. The van der Waals surface area contributed by atoms with E-state index in [9.17, 15) is 19.2 Å². The quantitative estimate of drug-likeness (QED) is 0.388. The molecule has 0 aromatic heterocycles. The van der Waals surface area contributed by atoms with Gasteiger partial charge >= 0.3 is 0 Å². The molecule has 0 unspecified atom stereocenters. The molecule has 0 aliphatic rings. The molecule has 0 radical (unpaired) electrons. The number of hydrogen-bond acceptors (Lipinski definition) is 8. The fraction of sp³-hybridized carbons (Fsp3) is 0.333. The van der Waals surface area contributed by atoms with E-state index in [0.717, 1.165) is 0 Å². The van der Waals surface area contributed by atoms with Crippen molar-refractivity contribution in [2.24, 2.45) is 0 Å². The minimum absolute atomic E-state index is 0. The normalized spacial score (nSPS) is 11.6. The molecule has 0 aromatic rings. The number of Topliss-reactive ketones (excluding diaryl/α,β-unsaturated/α-hetero) is 4. The fourth-order valence-electron chi connectivity index (χ4n) is 0.640. The molecule has 0 bridgehead atoms. The number of carbonyl (C=O) groups is 4. The Balaban J connectivity index is -0.000000295. The van der Waals surface area contributed by atoms with E-state index in [-0.39, 0.29) is 59.2 Å². The molecule has 0 fully saturated rings. The predicted molar refractivity (Wildman–Crippen MR) is 86.2 cm³/mol. The van der Waals surface area contributed by atoms with E-state index in [1.54, 1.807) is 0 Å².